The Labute approximate surface area is 165 Å². The number of nitrogens with zero attached hydrogens (tertiary/aromatic N) is 1. The van der Waals surface area contributed by atoms with Crippen molar-refractivity contribution in [2.75, 3.05) is 18.9 Å². The lowest BCUT2D eigenvalue weighted by atomic mass is 10.2. The molecule has 7 heteroatoms. The molecule has 0 saturated carbocycles. The predicted octanol–water partition coefficient (Wildman–Crippen LogP) is 3.62. The number of nitrogens with one attached hydrogen (secondary N) is 3. The van der Waals surface area contributed by atoms with Crippen LogP contribution in [-0.4, -0.2) is 25.5 Å². The first-order valence-electron chi connectivity index (χ1n) is 8.11. The van der Waals surface area contributed by atoms with Gasteiger partial charge in [-0.3, -0.25) is 9.79 Å². The molecule has 1 amide bonds. The number of halogens is 1. The molecule has 136 valence electrons. The minimum atomic E-state index is -0.258. The highest BCUT2D eigenvalue weighted by molar-refractivity contribution is 14.0. The molecule has 0 unspecified atom stereocenters. The highest BCUT2D eigenvalue weighted by Gasteiger charge is 2.08. The van der Waals surface area contributed by atoms with E-state index in [4.69, 9.17) is 4.42 Å². The van der Waals surface area contributed by atoms with Crippen molar-refractivity contribution in [2.24, 2.45) is 4.99 Å². The molecule has 0 bridgehead atoms. The van der Waals surface area contributed by atoms with Gasteiger partial charge in [-0.25, -0.2) is 0 Å². The number of aliphatic imine (C=N–C) groups is 1. The Bertz CT molecular complexity index is 654. The van der Waals surface area contributed by atoms with Crippen LogP contribution >= 0.6 is 24.0 Å². The average molecular weight is 456 g/mol. The van der Waals surface area contributed by atoms with Crippen LogP contribution in [-0.2, 0) is 6.54 Å². The van der Waals surface area contributed by atoms with Crippen LogP contribution in [0.3, 0.4) is 0 Å². The Kier molecular flexibility index (Phi) is 9.68. The molecule has 0 saturated heterocycles. The Morgan fingerprint density at radius 1 is 1.16 bits per heavy atom. The van der Waals surface area contributed by atoms with E-state index in [1.54, 1.807) is 19.2 Å². The van der Waals surface area contributed by atoms with Crippen LogP contribution in [0.25, 0.3) is 0 Å². The minimum absolute atomic E-state index is 0. The molecule has 25 heavy (non-hydrogen) atoms. The normalized spacial score (nSPS) is 10.7. The van der Waals surface area contributed by atoms with Crippen molar-refractivity contribution in [3.05, 3.63) is 54.0 Å². The SMILES string of the molecule is CCCCNC(=NC)NCc1ccc(NC(=O)c2ccco2)cc1.I. The van der Waals surface area contributed by atoms with E-state index in [-0.39, 0.29) is 29.9 Å². The molecule has 3 N–H and O–H groups in total. The van der Waals surface area contributed by atoms with Gasteiger partial charge < -0.3 is 20.4 Å². The van der Waals surface area contributed by atoms with E-state index in [0.29, 0.717) is 12.3 Å². The second kappa shape index (κ2) is 11.5. The van der Waals surface area contributed by atoms with Crippen molar-refractivity contribution in [2.45, 2.75) is 26.3 Å². The number of rotatable bonds is 7. The Morgan fingerprint density at radius 2 is 1.92 bits per heavy atom. The van der Waals surface area contributed by atoms with Gasteiger partial charge in [-0.05, 0) is 36.2 Å². The second-order valence-corrected chi connectivity index (χ2v) is 5.33. The number of benzene rings is 1. The zero-order chi connectivity index (χ0) is 17.2. The molecule has 6 nitrogen and oxygen atoms in total. The number of carbonyl (C=O) groups is 1. The molecule has 0 spiro atoms. The Hall–Kier alpha value is -2.03. The first kappa shape index (κ1) is 21.0. The average Bonchev–Trinajstić information content (AvgIpc) is 3.14. The van der Waals surface area contributed by atoms with E-state index < -0.39 is 0 Å². The third-order valence-corrected chi connectivity index (χ3v) is 3.46. The van der Waals surface area contributed by atoms with Crippen molar-refractivity contribution >= 4 is 41.5 Å². The summed E-state index contributed by atoms with van der Waals surface area (Å²) in [6.07, 6.45) is 3.74. The molecule has 0 aliphatic carbocycles. The van der Waals surface area contributed by atoms with Crippen LogP contribution in [0.4, 0.5) is 5.69 Å². The summed E-state index contributed by atoms with van der Waals surface area (Å²) in [6, 6.07) is 11.0. The number of carbonyl (C=O) groups excluding carboxylic acids is 1. The number of hydrogen-bond donors (Lipinski definition) is 3. The molecule has 0 radical (unpaired) electrons. The van der Waals surface area contributed by atoms with Gasteiger partial charge >= 0.3 is 0 Å². The lowest BCUT2D eigenvalue weighted by Crippen LogP contribution is -2.37. The van der Waals surface area contributed by atoms with Crippen LogP contribution in [0, 0.1) is 0 Å². The highest BCUT2D eigenvalue weighted by atomic mass is 127. The monoisotopic (exact) mass is 456 g/mol. The molecule has 0 fully saturated rings. The Morgan fingerprint density at radius 3 is 2.52 bits per heavy atom. The maximum Gasteiger partial charge on any atom is 0.291 e. The predicted molar refractivity (Wildman–Crippen MR) is 112 cm³/mol. The highest BCUT2D eigenvalue weighted by Crippen LogP contribution is 2.11. The Balaban J connectivity index is 0.00000312. The number of hydrogen-bond acceptors (Lipinski definition) is 3. The van der Waals surface area contributed by atoms with Gasteiger partial charge in [0.25, 0.3) is 5.91 Å². The summed E-state index contributed by atoms with van der Waals surface area (Å²) in [4.78, 5) is 16.1. The fourth-order valence-electron chi connectivity index (χ4n) is 2.10. The summed E-state index contributed by atoms with van der Waals surface area (Å²) < 4.78 is 5.07. The number of guanidine groups is 1. The topological polar surface area (TPSA) is 78.7 Å². The number of amides is 1. The third-order valence-electron chi connectivity index (χ3n) is 3.46. The number of unbranched alkanes of at least 4 members (excludes halogenated alkanes) is 1. The van der Waals surface area contributed by atoms with Gasteiger partial charge in [0.2, 0.25) is 0 Å². The summed E-state index contributed by atoms with van der Waals surface area (Å²) in [7, 11) is 1.76. The molecule has 1 aromatic carbocycles. The van der Waals surface area contributed by atoms with E-state index in [1.165, 1.54) is 6.26 Å². The second-order valence-electron chi connectivity index (χ2n) is 5.33. The summed E-state index contributed by atoms with van der Waals surface area (Å²) in [5.74, 6) is 0.827. The summed E-state index contributed by atoms with van der Waals surface area (Å²) in [5.41, 5.74) is 1.83. The molecule has 0 atom stereocenters. The molecule has 2 aromatic rings. The quantitative estimate of drug-likeness (QED) is 0.258. The molecular weight excluding hydrogens is 431 g/mol. The van der Waals surface area contributed by atoms with Gasteiger partial charge in [0, 0.05) is 25.8 Å². The van der Waals surface area contributed by atoms with Gasteiger partial charge in [0.05, 0.1) is 6.26 Å². The fourth-order valence-corrected chi connectivity index (χ4v) is 2.10. The summed E-state index contributed by atoms with van der Waals surface area (Å²) >= 11 is 0. The van der Waals surface area contributed by atoms with Gasteiger partial charge in [0.15, 0.2) is 11.7 Å². The number of furan rings is 1. The van der Waals surface area contributed by atoms with E-state index in [0.717, 1.165) is 36.6 Å². The lowest BCUT2D eigenvalue weighted by molar-refractivity contribution is 0.0996. The van der Waals surface area contributed by atoms with E-state index >= 15 is 0 Å². The summed E-state index contributed by atoms with van der Waals surface area (Å²) in [6.45, 7) is 3.73. The zero-order valence-corrected chi connectivity index (χ0v) is 16.9. The standard InChI is InChI=1S/C18H24N4O2.HI/c1-3-4-11-20-18(19-2)21-13-14-7-9-15(10-8-14)22-17(23)16-6-5-12-24-16;/h5-10,12H,3-4,11,13H2,1-2H3,(H,22,23)(H2,19,20,21);1H. The minimum Gasteiger partial charge on any atom is -0.459 e. The van der Waals surface area contributed by atoms with Crippen LogP contribution in [0.2, 0.25) is 0 Å². The number of anilines is 1. The molecular formula is C18H25IN4O2. The van der Waals surface area contributed by atoms with Crippen molar-refractivity contribution in [3.8, 4) is 0 Å². The largest absolute Gasteiger partial charge is 0.459 e. The zero-order valence-electron chi connectivity index (χ0n) is 14.5. The summed E-state index contributed by atoms with van der Waals surface area (Å²) in [5, 5.41) is 9.32. The van der Waals surface area contributed by atoms with Crippen LogP contribution in [0.1, 0.15) is 35.9 Å². The fraction of sp³-hybridized carbons (Fsp3) is 0.333. The molecule has 1 heterocycles. The van der Waals surface area contributed by atoms with Crippen molar-refractivity contribution in [1.82, 2.24) is 10.6 Å². The van der Waals surface area contributed by atoms with Gasteiger partial charge in [-0.1, -0.05) is 25.5 Å². The molecule has 1 aromatic heterocycles. The van der Waals surface area contributed by atoms with Crippen molar-refractivity contribution in [1.29, 1.82) is 0 Å². The van der Waals surface area contributed by atoms with Crippen LogP contribution in [0.15, 0.2) is 52.1 Å². The molecule has 2 rings (SSSR count). The maximum absolute atomic E-state index is 11.9. The maximum atomic E-state index is 11.9. The smallest absolute Gasteiger partial charge is 0.291 e. The first-order chi connectivity index (χ1) is 11.7. The van der Waals surface area contributed by atoms with Crippen LogP contribution < -0.4 is 16.0 Å². The van der Waals surface area contributed by atoms with Crippen molar-refractivity contribution in [3.63, 3.8) is 0 Å². The van der Waals surface area contributed by atoms with Crippen LogP contribution in [0.5, 0.6) is 0 Å². The van der Waals surface area contributed by atoms with E-state index in [2.05, 4.69) is 27.9 Å². The third kappa shape index (κ3) is 7.16. The molecule has 0 aliphatic rings. The van der Waals surface area contributed by atoms with Gasteiger partial charge in [-0.15, -0.1) is 24.0 Å². The van der Waals surface area contributed by atoms with Gasteiger partial charge in [0.1, 0.15) is 0 Å². The molecule has 0 aliphatic heterocycles. The van der Waals surface area contributed by atoms with E-state index in [1.807, 2.05) is 24.3 Å². The first-order valence-corrected chi connectivity index (χ1v) is 8.11. The van der Waals surface area contributed by atoms with E-state index in [9.17, 15) is 4.79 Å². The lowest BCUT2D eigenvalue weighted by Gasteiger charge is -2.12. The van der Waals surface area contributed by atoms with Crippen molar-refractivity contribution < 1.29 is 9.21 Å². The van der Waals surface area contributed by atoms with Gasteiger partial charge in [-0.2, -0.15) is 0 Å².